The molecule has 138 valence electrons. The minimum atomic E-state index is -0.00234. The maximum atomic E-state index is 5.92. The maximum Gasteiger partial charge on any atom is 0.204 e. The Labute approximate surface area is 153 Å². The number of aliphatic imine (C=N–C) groups is 1. The van der Waals surface area contributed by atoms with Gasteiger partial charge in [0.25, 0.3) is 0 Å². The second-order valence-electron chi connectivity index (χ2n) is 6.48. The number of fused-ring (bicyclic) bond motifs is 1. The van der Waals surface area contributed by atoms with Gasteiger partial charge in [0.1, 0.15) is 11.3 Å². The van der Waals surface area contributed by atoms with Gasteiger partial charge in [-0.15, -0.1) is 0 Å². The van der Waals surface area contributed by atoms with Crippen molar-refractivity contribution in [1.82, 2.24) is 20.2 Å². The molecule has 2 N–H and O–H groups in total. The van der Waals surface area contributed by atoms with Crippen LogP contribution in [-0.4, -0.2) is 36.7 Å². The first-order valence-electron chi connectivity index (χ1n) is 8.63. The highest BCUT2D eigenvalue weighted by Crippen LogP contribution is 2.23. The fourth-order valence-corrected chi connectivity index (χ4v) is 2.87. The molecule has 0 aliphatic carbocycles. The van der Waals surface area contributed by atoms with Crippen molar-refractivity contribution in [3.8, 4) is 0 Å². The monoisotopic (exact) mass is 354 g/mol. The lowest BCUT2D eigenvalue weighted by Gasteiger charge is -2.17. The first-order chi connectivity index (χ1) is 12.5. The Hall–Kier alpha value is -2.96. The Balaban J connectivity index is 1.64. The molecule has 1 unspecified atom stereocenters. The summed E-state index contributed by atoms with van der Waals surface area (Å²) in [5, 5.41) is 7.80. The number of aromatic nitrogens is 2. The number of benzene rings is 1. The summed E-state index contributed by atoms with van der Waals surface area (Å²) in [6.45, 7) is 2.68. The molecule has 0 radical (unpaired) electrons. The smallest absolute Gasteiger partial charge is 0.204 e. The molecular formula is C19H26N6O. The number of nitrogens with one attached hydrogen (secondary N) is 2. The third-order valence-electron chi connectivity index (χ3n) is 4.35. The normalized spacial score (nSPS) is 13.0. The van der Waals surface area contributed by atoms with Crippen LogP contribution in [0.2, 0.25) is 0 Å². The second-order valence-corrected chi connectivity index (χ2v) is 6.48. The number of rotatable bonds is 5. The Bertz CT molecular complexity index is 875. The van der Waals surface area contributed by atoms with Gasteiger partial charge in [-0.3, -0.25) is 4.99 Å². The lowest BCUT2D eigenvalue weighted by molar-refractivity contribution is 0.488. The van der Waals surface area contributed by atoms with Gasteiger partial charge in [-0.25, -0.2) is 4.98 Å². The van der Waals surface area contributed by atoms with Gasteiger partial charge in [0.15, 0.2) is 5.96 Å². The molecule has 0 bridgehead atoms. The van der Waals surface area contributed by atoms with Crippen molar-refractivity contribution >= 4 is 22.9 Å². The van der Waals surface area contributed by atoms with Gasteiger partial charge in [-0.05, 0) is 19.1 Å². The van der Waals surface area contributed by atoms with Gasteiger partial charge in [-0.2, -0.15) is 0 Å². The van der Waals surface area contributed by atoms with Crippen LogP contribution < -0.4 is 15.5 Å². The molecule has 2 heterocycles. The number of para-hydroxylation sites is 1. The van der Waals surface area contributed by atoms with Crippen LogP contribution in [0.15, 0.2) is 45.9 Å². The van der Waals surface area contributed by atoms with E-state index in [1.54, 1.807) is 7.05 Å². The van der Waals surface area contributed by atoms with Crippen molar-refractivity contribution in [1.29, 1.82) is 0 Å². The van der Waals surface area contributed by atoms with Gasteiger partial charge in [0.2, 0.25) is 5.95 Å². The molecule has 0 amide bonds. The highest BCUT2D eigenvalue weighted by molar-refractivity contribution is 5.81. The van der Waals surface area contributed by atoms with Gasteiger partial charge < -0.3 is 24.5 Å². The van der Waals surface area contributed by atoms with Crippen LogP contribution >= 0.6 is 0 Å². The van der Waals surface area contributed by atoms with Crippen molar-refractivity contribution in [3.63, 3.8) is 0 Å². The van der Waals surface area contributed by atoms with Gasteiger partial charge in [0.05, 0.1) is 24.5 Å². The van der Waals surface area contributed by atoms with Crippen molar-refractivity contribution < 1.29 is 4.42 Å². The fourth-order valence-electron chi connectivity index (χ4n) is 2.87. The molecule has 0 aliphatic rings. The van der Waals surface area contributed by atoms with E-state index in [2.05, 4.69) is 38.2 Å². The molecule has 26 heavy (non-hydrogen) atoms. The van der Waals surface area contributed by atoms with Crippen LogP contribution in [0.25, 0.3) is 11.0 Å². The molecule has 3 aromatic rings. The lowest BCUT2D eigenvalue weighted by atomic mass is 10.2. The van der Waals surface area contributed by atoms with Crippen LogP contribution in [-0.2, 0) is 13.6 Å². The molecule has 7 heteroatoms. The number of hydrogen-bond acceptors (Lipinski definition) is 4. The van der Waals surface area contributed by atoms with Crippen LogP contribution in [0.4, 0.5) is 5.95 Å². The van der Waals surface area contributed by atoms with Crippen LogP contribution in [0.1, 0.15) is 24.4 Å². The molecule has 0 fully saturated rings. The lowest BCUT2D eigenvalue weighted by Crippen LogP contribution is -2.38. The summed E-state index contributed by atoms with van der Waals surface area (Å²) in [5.74, 6) is 2.51. The van der Waals surface area contributed by atoms with Crippen LogP contribution in [0.5, 0.6) is 0 Å². The van der Waals surface area contributed by atoms with E-state index in [-0.39, 0.29) is 6.04 Å². The Morgan fingerprint density at radius 1 is 1.35 bits per heavy atom. The number of guanidine groups is 1. The summed E-state index contributed by atoms with van der Waals surface area (Å²) in [6, 6.07) is 10.1. The fraction of sp³-hybridized carbons (Fsp3) is 0.368. The van der Waals surface area contributed by atoms with Crippen molar-refractivity contribution in [3.05, 3.63) is 48.0 Å². The SMILES string of the molecule is CN=C(NCc1cnc(N(C)C)n1C)NC(C)c1cc2ccccc2o1. The third kappa shape index (κ3) is 3.66. The molecule has 0 saturated heterocycles. The number of imidazole rings is 1. The Morgan fingerprint density at radius 3 is 2.77 bits per heavy atom. The topological polar surface area (TPSA) is 70.6 Å². The first-order valence-corrected chi connectivity index (χ1v) is 8.63. The van der Waals surface area contributed by atoms with E-state index in [0.717, 1.165) is 28.4 Å². The third-order valence-corrected chi connectivity index (χ3v) is 4.35. The zero-order valence-electron chi connectivity index (χ0n) is 15.9. The van der Waals surface area contributed by atoms with Crippen molar-refractivity contribution in [2.24, 2.45) is 12.0 Å². The molecule has 1 atom stereocenters. The van der Waals surface area contributed by atoms with E-state index < -0.39 is 0 Å². The minimum Gasteiger partial charge on any atom is -0.459 e. The summed E-state index contributed by atoms with van der Waals surface area (Å²) in [7, 11) is 7.73. The number of furan rings is 1. The number of hydrogen-bond donors (Lipinski definition) is 2. The van der Waals surface area contributed by atoms with E-state index >= 15 is 0 Å². The maximum absolute atomic E-state index is 5.92. The minimum absolute atomic E-state index is 0.00234. The molecule has 0 saturated carbocycles. The summed E-state index contributed by atoms with van der Waals surface area (Å²) in [4.78, 5) is 10.7. The largest absolute Gasteiger partial charge is 0.459 e. The van der Waals surface area contributed by atoms with Crippen LogP contribution in [0, 0.1) is 0 Å². The predicted octanol–water partition coefficient (Wildman–Crippen LogP) is 2.66. The van der Waals surface area contributed by atoms with Crippen molar-refractivity contribution in [2.45, 2.75) is 19.5 Å². The Kier molecular flexibility index (Phi) is 5.16. The van der Waals surface area contributed by atoms with E-state index in [0.29, 0.717) is 12.5 Å². The molecule has 2 aromatic heterocycles. The van der Waals surface area contributed by atoms with Crippen molar-refractivity contribution in [2.75, 3.05) is 26.0 Å². The highest BCUT2D eigenvalue weighted by Gasteiger charge is 2.14. The average Bonchev–Trinajstić information content (AvgIpc) is 3.22. The molecule has 0 spiro atoms. The molecule has 1 aromatic carbocycles. The summed E-state index contributed by atoms with van der Waals surface area (Å²) < 4.78 is 7.98. The summed E-state index contributed by atoms with van der Waals surface area (Å²) in [5.41, 5.74) is 1.97. The zero-order chi connectivity index (χ0) is 18.7. The molecule has 3 rings (SSSR count). The predicted molar refractivity (Wildman–Crippen MR) is 105 cm³/mol. The Morgan fingerprint density at radius 2 is 2.12 bits per heavy atom. The molecule has 7 nitrogen and oxygen atoms in total. The average molecular weight is 354 g/mol. The standard InChI is InChI=1S/C19H26N6O/c1-13(17-10-14-8-6-7-9-16(14)26-17)23-18(20-2)21-11-15-12-22-19(24(3)4)25(15)5/h6-10,12-13H,11H2,1-5H3,(H2,20,21,23). The van der Waals surface area contributed by atoms with E-state index in [1.165, 1.54) is 0 Å². The zero-order valence-corrected chi connectivity index (χ0v) is 15.9. The van der Waals surface area contributed by atoms with Gasteiger partial charge >= 0.3 is 0 Å². The van der Waals surface area contributed by atoms with E-state index in [9.17, 15) is 0 Å². The van der Waals surface area contributed by atoms with E-state index in [4.69, 9.17) is 4.42 Å². The second kappa shape index (κ2) is 7.51. The highest BCUT2D eigenvalue weighted by atomic mass is 16.3. The summed E-state index contributed by atoms with van der Waals surface area (Å²) in [6.07, 6.45) is 1.87. The number of anilines is 1. The summed E-state index contributed by atoms with van der Waals surface area (Å²) >= 11 is 0. The molecular weight excluding hydrogens is 328 g/mol. The first kappa shape index (κ1) is 17.8. The quantitative estimate of drug-likeness (QED) is 0.544. The van der Waals surface area contributed by atoms with Crippen LogP contribution in [0.3, 0.4) is 0 Å². The number of nitrogens with zero attached hydrogens (tertiary/aromatic N) is 4. The van der Waals surface area contributed by atoms with E-state index in [1.807, 2.05) is 56.5 Å². The van der Waals surface area contributed by atoms with Gasteiger partial charge in [0, 0.05) is 33.6 Å². The molecule has 0 aliphatic heterocycles. The van der Waals surface area contributed by atoms with Gasteiger partial charge in [-0.1, -0.05) is 18.2 Å².